The summed E-state index contributed by atoms with van der Waals surface area (Å²) in [5.41, 5.74) is 8.79. The van der Waals surface area contributed by atoms with Gasteiger partial charge in [0.15, 0.2) is 0 Å². The van der Waals surface area contributed by atoms with Gasteiger partial charge in [0.2, 0.25) is 0 Å². The molecule has 1 aromatic rings. The SMILES string of the molecule is CCN(CCCN(C)C)c1cc(C)ccc1C(=N)N. The molecule has 0 saturated carbocycles. The molecule has 4 nitrogen and oxygen atoms in total. The van der Waals surface area contributed by atoms with Crippen LogP contribution in [-0.4, -0.2) is 44.5 Å². The third-order valence-corrected chi connectivity index (χ3v) is 3.20. The normalized spacial score (nSPS) is 10.8. The minimum Gasteiger partial charge on any atom is -0.384 e. The Morgan fingerprint density at radius 2 is 1.95 bits per heavy atom. The van der Waals surface area contributed by atoms with Gasteiger partial charge in [-0.2, -0.15) is 0 Å². The van der Waals surface area contributed by atoms with Crippen molar-refractivity contribution in [3.63, 3.8) is 0 Å². The Labute approximate surface area is 116 Å². The van der Waals surface area contributed by atoms with Gasteiger partial charge in [-0.3, -0.25) is 5.41 Å². The van der Waals surface area contributed by atoms with Gasteiger partial charge in [0, 0.05) is 24.3 Å². The minimum absolute atomic E-state index is 0.140. The molecule has 4 heteroatoms. The van der Waals surface area contributed by atoms with Crippen LogP contribution >= 0.6 is 0 Å². The third kappa shape index (κ3) is 4.56. The summed E-state index contributed by atoms with van der Waals surface area (Å²) in [5, 5.41) is 7.70. The number of hydrogen-bond donors (Lipinski definition) is 2. The van der Waals surface area contributed by atoms with Gasteiger partial charge >= 0.3 is 0 Å². The van der Waals surface area contributed by atoms with Crippen molar-refractivity contribution in [2.24, 2.45) is 5.73 Å². The van der Waals surface area contributed by atoms with E-state index in [2.05, 4.69) is 43.8 Å². The van der Waals surface area contributed by atoms with Crippen molar-refractivity contribution in [2.75, 3.05) is 38.6 Å². The summed E-state index contributed by atoms with van der Waals surface area (Å²) < 4.78 is 0. The lowest BCUT2D eigenvalue weighted by atomic mass is 10.1. The molecule has 0 aliphatic heterocycles. The molecule has 3 N–H and O–H groups in total. The quantitative estimate of drug-likeness (QED) is 0.584. The minimum atomic E-state index is 0.140. The fourth-order valence-corrected chi connectivity index (χ4v) is 2.16. The lowest BCUT2D eigenvalue weighted by Crippen LogP contribution is -2.29. The molecule has 0 radical (unpaired) electrons. The van der Waals surface area contributed by atoms with Crippen LogP contribution in [0.15, 0.2) is 18.2 Å². The molecule has 106 valence electrons. The first-order valence-corrected chi connectivity index (χ1v) is 6.80. The van der Waals surface area contributed by atoms with E-state index in [1.54, 1.807) is 0 Å². The van der Waals surface area contributed by atoms with Gasteiger partial charge in [0.25, 0.3) is 0 Å². The second-order valence-corrected chi connectivity index (χ2v) is 5.17. The van der Waals surface area contributed by atoms with Crippen LogP contribution in [0.25, 0.3) is 0 Å². The maximum Gasteiger partial charge on any atom is 0.124 e. The summed E-state index contributed by atoms with van der Waals surface area (Å²) in [7, 11) is 4.17. The highest BCUT2D eigenvalue weighted by Crippen LogP contribution is 2.22. The molecule has 0 aromatic heterocycles. The number of rotatable bonds is 7. The molecule has 0 spiro atoms. The molecule has 0 aliphatic rings. The van der Waals surface area contributed by atoms with E-state index in [1.165, 1.54) is 5.56 Å². The van der Waals surface area contributed by atoms with E-state index < -0.39 is 0 Å². The highest BCUT2D eigenvalue weighted by atomic mass is 15.1. The monoisotopic (exact) mass is 262 g/mol. The number of nitrogens with two attached hydrogens (primary N) is 1. The van der Waals surface area contributed by atoms with Crippen LogP contribution in [0.5, 0.6) is 0 Å². The number of nitrogens with one attached hydrogen (secondary N) is 1. The Bertz CT molecular complexity index is 426. The summed E-state index contributed by atoms with van der Waals surface area (Å²) in [6.45, 7) is 7.19. The predicted octanol–water partition coefficient (Wildman–Crippen LogP) is 2.06. The van der Waals surface area contributed by atoms with E-state index in [4.69, 9.17) is 11.1 Å². The summed E-state index contributed by atoms with van der Waals surface area (Å²) in [5.74, 6) is 0.140. The van der Waals surface area contributed by atoms with Gasteiger partial charge in [-0.25, -0.2) is 0 Å². The summed E-state index contributed by atoms with van der Waals surface area (Å²) >= 11 is 0. The molecular formula is C15H26N4. The van der Waals surface area contributed by atoms with Crippen LogP contribution < -0.4 is 10.6 Å². The lowest BCUT2D eigenvalue weighted by Gasteiger charge is -2.26. The highest BCUT2D eigenvalue weighted by molar-refractivity contribution is 6.00. The van der Waals surface area contributed by atoms with Crippen molar-refractivity contribution in [1.82, 2.24) is 4.90 Å². The summed E-state index contributed by atoms with van der Waals surface area (Å²) in [6.07, 6.45) is 1.10. The summed E-state index contributed by atoms with van der Waals surface area (Å²) in [4.78, 5) is 4.49. The number of hydrogen-bond acceptors (Lipinski definition) is 3. The molecule has 0 saturated heterocycles. The zero-order chi connectivity index (χ0) is 14.4. The topological polar surface area (TPSA) is 56.4 Å². The average Bonchev–Trinajstić information content (AvgIpc) is 2.33. The molecule has 0 unspecified atom stereocenters. The fraction of sp³-hybridized carbons (Fsp3) is 0.533. The maximum absolute atomic E-state index is 7.70. The number of anilines is 1. The van der Waals surface area contributed by atoms with E-state index in [9.17, 15) is 0 Å². The number of benzene rings is 1. The second-order valence-electron chi connectivity index (χ2n) is 5.17. The van der Waals surface area contributed by atoms with Crippen molar-refractivity contribution in [2.45, 2.75) is 20.3 Å². The lowest BCUT2D eigenvalue weighted by molar-refractivity contribution is 0.400. The zero-order valence-corrected chi connectivity index (χ0v) is 12.5. The fourth-order valence-electron chi connectivity index (χ4n) is 2.16. The van der Waals surface area contributed by atoms with Crippen LogP contribution in [-0.2, 0) is 0 Å². The number of nitrogens with zero attached hydrogens (tertiary/aromatic N) is 2. The molecule has 0 fully saturated rings. The maximum atomic E-state index is 7.70. The van der Waals surface area contributed by atoms with Gasteiger partial charge in [0.1, 0.15) is 5.84 Å². The standard InChI is InChI=1S/C15H26N4/c1-5-19(10-6-9-18(3)4)14-11-12(2)7-8-13(14)15(16)17/h7-8,11H,5-6,9-10H2,1-4H3,(H3,16,17). The van der Waals surface area contributed by atoms with Gasteiger partial charge in [-0.15, -0.1) is 0 Å². The molecule has 0 atom stereocenters. The van der Waals surface area contributed by atoms with Gasteiger partial charge in [-0.1, -0.05) is 6.07 Å². The van der Waals surface area contributed by atoms with Gasteiger partial charge < -0.3 is 15.5 Å². The first-order chi connectivity index (χ1) is 8.95. The van der Waals surface area contributed by atoms with Crippen molar-refractivity contribution in [1.29, 1.82) is 5.41 Å². The van der Waals surface area contributed by atoms with E-state index in [-0.39, 0.29) is 5.84 Å². The summed E-state index contributed by atoms with van der Waals surface area (Å²) in [6, 6.07) is 6.07. The predicted molar refractivity (Wildman–Crippen MR) is 83.3 cm³/mol. The molecule has 0 bridgehead atoms. The third-order valence-electron chi connectivity index (χ3n) is 3.20. The van der Waals surface area contributed by atoms with Crippen molar-refractivity contribution < 1.29 is 0 Å². The van der Waals surface area contributed by atoms with Crippen LogP contribution in [0.3, 0.4) is 0 Å². The molecule has 1 aromatic carbocycles. The Kier molecular flexibility index (Phi) is 5.83. The first kappa shape index (κ1) is 15.5. The van der Waals surface area contributed by atoms with E-state index in [0.29, 0.717) is 0 Å². The van der Waals surface area contributed by atoms with Crippen LogP contribution in [0.2, 0.25) is 0 Å². The molecule has 0 heterocycles. The molecule has 19 heavy (non-hydrogen) atoms. The first-order valence-electron chi connectivity index (χ1n) is 6.80. The van der Waals surface area contributed by atoms with Crippen LogP contribution in [0.4, 0.5) is 5.69 Å². The van der Waals surface area contributed by atoms with E-state index >= 15 is 0 Å². The number of aryl methyl sites for hydroxylation is 1. The van der Waals surface area contributed by atoms with Gasteiger partial charge in [-0.05, 0) is 58.6 Å². The Hall–Kier alpha value is -1.55. The van der Waals surface area contributed by atoms with Crippen molar-refractivity contribution in [3.05, 3.63) is 29.3 Å². The average molecular weight is 262 g/mol. The molecule has 0 amide bonds. The van der Waals surface area contributed by atoms with Crippen LogP contribution in [0, 0.1) is 12.3 Å². The van der Waals surface area contributed by atoms with Crippen LogP contribution in [0.1, 0.15) is 24.5 Å². The Balaban J connectivity index is 2.90. The highest BCUT2D eigenvalue weighted by Gasteiger charge is 2.12. The molecular weight excluding hydrogens is 236 g/mol. The number of nitrogen functional groups attached to an aromatic ring is 1. The smallest absolute Gasteiger partial charge is 0.124 e. The van der Waals surface area contributed by atoms with E-state index in [1.807, 2.05) is 12.1 Å². The molecule has 0 aliphatic carbocycles. The van der Waals surface area contributed by atoms with Crippen molar-refractivity contribution in [3.8, 4) is 0 Å². The van der Waals surface area contributed by atoms with Gasteiger partial charge in [0.05, 0.1) is 0 Å². The van der Waals surface area contributed by atoms with E-state index in [0.717, 1.165) is 37.3 Å². The van der Waals surface area contributed by atoms with Crippen molar-refractivity contribution >= 4 is 11.5 Å². The zero-order valence-electron chi connectivity index (χ0n) is 12.5. The second kappa shape index (κ2) is 7.14. The Morgan fingerprint density at radius 3 is 2.47 bits per heavy atom. The Morgan fingerprint density at radius 1 is 1.26 bits per heavy atom. The number of amidine groups is 1. The molecule has 1 rings (SSSR count). The largest absolute Gasteiger partial charge is 0.384 e.